The minimum absolute atomic E-state index is 0.266. The highest BCUT2D eigenvalue weighted by atomic mass is 19.4. The number of halogens is 3. The Morgan fingerprint density at radius 2 is 1.67 bits per heavy atom. The van der Waals surface area contributed by atoms with Gasteiger partial charge in [-0.15, -0.1) is 0 Å². The zero-order valence-corrected chi connectivity index (χ0v) is 23.0. The first-order valence-electron chi connectivity index (χ1n) is 13.8. The van der Waals surface area contributed by atoms with Crippen molar-refractivity contribution in [1.82, 2.24) is 10.3 Å². The van der Waals surface area contributed by atoms with Gasteiger partial charge in [-0.1, -0.05) is 68.3 Å². The van der Waals surface area contributed by atoms with Crippen LogP contribution in [0.1, 0.15) is 59.2 Å². The number of benzene rings is 3. The molecule has 216 valence electrons. The Labute approximate surface area is 241 Å². The average Bonchev–Trinajstić information content (AvgIpc) is 3.32. The molecule has 0 bridgehead atoms. The topological polar surface area (TPSA) is 80.3 Å². The predicted molar refractivity (Wildman–Crippen MR) is 155 cm³/mol. The first-order valence-corrected chi connectivity index (χ1v) is 13.8. The van der Waals surface area contributed by atoms with Crippen molar-refractivity contribution < 1.29 is 27.5 Å². The van der Waals surface area contributed by atoms with E-state index in [1.54, 1.807) is 48.5 Å². The summed E-state index contributed by atoms with van der Waals surface area (Å²) in [7, 11) is 0. The highest BCUT2D eigenvalue weighted by Crippen LogP contribution is 2.49. The second-order valence-corrected chi connectivity index (χ2v) is 10.1. The molecule has 0 saturated carbocycles. The number of aromatic nitrogens is 1. The molecule has 0 saturated heterocycles. The van der Waals surface area contributed by atoms with Gasteiger partial charge in [0, 0.05) is 11.6 Å². The summed E-state index contributed by atoms with van der Waals surface area (Å²) in [5, 5.41) is 4.89. The summed E-state index contributed by atoms with van der Waals surface area (Å²) in [6.07, 6.45) is 0.268. The van der Waals surface area contributed by atoms with Crippen LogP contribution in [0.15, 0.2) is 85.1 Å². The summed E-state index contributed by atoms with van der Waals surface area (Å²) in [6.45, 7) is 0.677. The third-order valence-electron chi connectivity index (χ3n) is 7.17. The van der Waals surface area contributed by atoms with E-state index in [1.165, 1.54) is 6.20 Å². The lowest BCUT2D eigenvalue weighted by Gasteiger charge is -2.20. The largest absolute Gasteiger partial charge is 0.439 e. The first-order chi connectivity index (χ1) is 20.2. The van der Waals surface area contributed by atoms with Crippen LogP contribution in [-0.2, 0) is 11.2 Å². The molecular formula is C33H30F3N3O3. The van der Waals surface area contributed by atoms with Crippen LogP contribution in [-0.4, -0.2) is 29.5 Å². The van der Waals surface area contributed by atoms with Crippen molar-refractivity contribution in [2.75, 3.05) is 11.9 Å². The number of pyridine rings is 1. The number of hydrogen-bond donors (Lipinski definition) is 2. The van der Waals surface area contributed by atoms with Crippen LogP contribution >= 0.6 is 0 Å². The standard InChI is InChI=1S/C33H30F3N3O3/c1-2-3-5-14-26-27(42-28-18-15-22(19-37-28)39-31(40)21-10-6-4-7-11-21)17-16-25-23-12-8-9-13-24(23)30(29(25)26)32(41)38-20-33(34,35)36/h4,6-13,15-19,30H,2-3,5,14,20H2,1H3,(H,38,41)(H,39,40). The van der Waals surface area contributed by atoms with E-state index in [-0.39, 0.29) is 11.8 Å². The number of carbonyl (C=O) groups is 2. The van der Waals surface area contributed by atoms with Gasteiger partial charge in [-0.25, -0.2) is 4.98 Å². The SMILES string of the molecule is CCCCCc1c(Oc2ccc(NC(=O)c3ccccc3)cn2)ccc2c1C(C(=O)NCC(F)(F)F)c1ccccc1-2. The summed E-state index contributed by atoms with van der Waals surface area (Å²) in [5.74, 6) is -1.11. The van der Waals surface area contributed by atoms with Crippen LogP contribution in [0.2, 0.25) is 0 Å². The molecule has 1 aliphatic carbocycles. The molecule has 1 unspecified atom stereocenters. The molecule has 1 atom stereocenters. The Morgan fingerprint density at radius 1 is 0.905 bits per heavy atom. The van der Waals surface area contributed by atoms with Crippen molar-refractivity contribution >= 4 is 17.5 Å². The number of alkyl halides is 3. The van der Waals surface area contributed by atoms with Crippen molar-refractivity contribution in [2.45, 2.75) is 44.7 Å². The molecule has 0 aliphatic heterocycles. The molecule has 42 heavy (non-hydrogen) atoms. The van der Waals surface area contributed by atoms with E-state index in [2.05, 4.69) is 22.5 Å². The minimum atomic E-state index is -4.52. The number of rotatable bonds is 10. The van der Waals surface area contributed by atoms with Gasteiger partial charge >= 0.3 is 6.18 Å². The van der Waals surface area contributed by atoms with E-state index in [0.717, 1.165) is 36.0 Å². The lowest BCUT2D eigenvalue weighted by molar-refractivity contribution is -0.138. The zero-order valence-electron chi connectivity index (χ0n) is 23.0. The van der Waals surface area contributed by atoms with Crippen molar-refractivity contribution in [3.8, 4) is 22.8 Å². The molecule has 2 amide bonds. The van der Waals surface area contributed by atoms with E-state index in [9.17, 15) is 22.8 Å². The fourth-order valence-corrected chi connectivity index (χ4v) is 5.25. The summed E-state index contributed by atoms with van der Waals surface area (Å²) in [5.41, 5.74) is 4.73. The van der Waals surface area contributed by atoms with E-state index < -0.39 is 24.5 Å². The number of fused-ring (bicyclic) bond motifs is 3. The second kappa shape index (κ2) is 12.5. The number of amides is 2. The van der Waals surface area contributed by atoms with Crippen molar-refractivity contribution in [1.29, 1.82) is 0 Å². The molecule has 0 radical (unpaired) electrons. The zero-order chi connectivity index (χ0) is 29.7. The molecule has 0 spiro atoms. The molecule has 1 heterocycles. The fourth-order valence-electron chi connectivity index (χ4n) is 5.25. The van der Waals surface area contributed by atoms with Gasteiger partial charge < -0.3 is 15.4 Å². The van der Waals surface area contributed by atoms with Crippen LogP contribution in [0, 0.1) is 0 Å². The van der Waals surface area contributed by atoms with Gasteiger partial charge in [0.2, 0.25) is 11.8 Å². The van der Waals surface area contributed by atoms with Crippen molar-refractivity contribution in [3.05, 3.63) is 107 Å². The third-order valence-corrected chi connectivity index (χ3v) is 7.17. The monoisotopic (exact) mass is 573 g/mol. The average molecular weight is 574 g/mol. The quantitative estimate of drug-likeness (QED) is 0.191. The Kier molecular flexibility index (Phi) is 8.56. The second-order valence-electron chi connectivity index (χ2n) is 10.1. The highest BCUT2D eigenvalue weighted by molar-refractivity contribution is 6.04. The molecule has 3 aromatic carbocycles. The Bertz CT molecular complexity index is 1570. The minimum Gasteiger partial charge on any atom is -0.439 e. The maximum Gasteiger partial charge on any atom is 0.405 e. The van der Waals surface area contributed by atoms with Gasteiger partial charge in [0.05, 0.1) is 17.8 Å². The number of nitrogens with one attached hydrogen (secondary N) is 2. The summed E-state index contributed by atoms with van der Waals surface area (Å²) in [4.78, 5) is 30.1. The van der Waals surface area contributed by atoms with Crippen molar-refractivity contribution in [3.63, 3.8) is 0 Å². The van der Waals surface area contributed by atoms with Crippen LogP contribution < -0.4 is 15.4 Å². The third kappa shape index (κ3) is 6.46. The maximum absolute atomic E-state index is 13.3. The van der Waals surface area contributed by atoms with Crippen LogP contribution in [0.4, 0.5) is 18.9 Å². The Hall–Kier alpha value is -4.66. The molecular weight excluding hydrogens is 543 g/mol. The fraction of sp³-hybridized carbons (Fsp3) is 0.242. The van der Waals surface area contributed by atoms with Gasteiger partial charge in [0.1, 0.15) is 12.3 Å². The Morgan fingerprint density at radius 3 is 2.38 bits per heavy atom. The predicted octanol–water partition coefficient (Wildman–Crippen LogP) is 7.65. The van der Waals surface area contributed by atoms with Crippen molar-refractivity contribution in [2.24, 2.45) is 0 Å². The van der Waals surface area contributed by atoms with Gasteiger partial charge in [-0.05, 0) is 64.9 Å². The number of ether oxygens (including phenoxy) is 1. The smallest absolute Gasteiger partial charge is 0.405 e. The van der Waals surface area contributed by atoms with Crippen LogP contribution in [0.5, 0.6) is 11.6 Å². The molecule has 1 aromatic heterocycles. The van der Waals surface area contributed by atoms with Gasteiger partial charge in [0.15, 0.2) is 0 Å². The molecule has 0 fully saturated rings. The van der Waals surface area contributed by atoms with Gasteiger partial charge in [0.25, 0.3) is 5.91 Å². The van der Waals surface area contributed by atoms with E-state index in [1.807, 2.05) is 30.3 Å². The molecule has 6 nitrogen and oxygen atoms in total. The van der Waals surface area contributed by atoms with Crippen LogP contribution in [0.3, 0.4) is 0 Å². The molecule has 9 heteroatoms. The van der Waals surface area contributed by atoms with Gasteiger partial charge in [-0.2, -0.15) is 13.2 Å². The number of hydrogen-bond acceptors (Lipinski definition) is 4. The summed E-state index contributed by atoms with van der Waals surface area (Å²) < 4.78 is 45.2. The number of unbranched alkanes of at least 4 members (excludes halogenated alkanes) is 2. The Balaban J connectivity index is 1.46. The molecule has 5 rings (SSSR count). The molecule has 1 aliphatic rings. The summed E-state index contributed by atoms with van der Waals surface area (Å²) >= 11 is 0. The van der Waals surface area contributed by atoms with Crippen LogP contribution in [0.25, 0.3) is 11.1 Å². The van der Waals surface area contributed by atoms with Gasteiger partial charge in [-0.3, -0.25) is 9.59 Å². The normalized spacial score (nSPS) is 13.7. The molecule has 4 aromatic rings. The lowest BCUT2D eigenvalue weighted by Crippen LogP contribution is -2.37. The van der Waals surface area contributed by atoms with E-state index in [0.29, 0.717) is 34.5 Å². The number of nitrogens with zero attached hydrogens (tertiary/aromatic N) is 1. The highest BCUT2D eigenvalue weighted by Gasteiger charge is 2.38. The summed E-state index contributed by atoms with van der Waals surface area (Å²) in [6, 6.07) is 23.1. The first kappa shape index (κ1) is 28.9. The number of anilines is 1. The maximum atomic E-state index is 13.3. The lowest BCUT2D eigenvalue weighted by atomic mass is 9.89. The van der Waals surface area contributed by atoms with E-state index in [4.69, 9.17) is 4.74 Å². The van der Waals surface area contributed by atoms with E-state index >= 15 is 0 Å². The molecule has 2 N–H and O–H groups in total. The number of carbonyl (C=O) groups excluding carboxylic acids is 2.